The van der Waals surface area contributed by atoms with E-state index in [0.29, 0.717) is 32.7 Å². The fourth-order valence-electron chi connectivity index (χ4n) is 7.29. The highest BCUT2D eigenvalue weighted by atomic mass is 32.1. The second kappa shape index (κ2) is 14.6. The van der Waals surface area contributed by atoms with Crippen molar-refractivity contribution in [2.45, 2.75) is 53.1 Å². The quantitative estimate of drug-likeness (QED) is 0.144. The van der Waals surface area contributed by atoms with Crippen LogP contribution in [0.3, 0.4) is 0 Å². The number of aryl methyl sites for hydroxylation is 1. The van der Waals surface area contributed by atoms with Gasteiger partial charge < -0.3 is 14.0 Å². The van der Waals surface area contributed by atoms with E-state index in [9.17, 15) is 14.9 Å². The Bertz CT molecular complexity index is 2660. The first-order valence-corrected chi connectivity index (χ1v) is 18.5. The molecule has 1 aliphatic rings. The molecule has 0 fully saturated rings. The second-order valence-corrected chi connectivity index (χ2v) is 14.4. The van der Waals surface area contributed by atoms with Crippen molar-refractivity contribution in [3.63, 3.8) is 0 Å². The van der Waals surface area contributed by atoms with Crippen LogP contribution in [0.4, 0.5) is 0 Å². The van der Waals surface area contributed by atoms with E-state index in [2.05, 4.69) is 42.7 Å². The average Bonchev–Trinajstić information content (AvgIpc) is 3.62. The van der Waals surface area contributed by atoms with Crippen LogP contribution in [0.15, 0.2) is 106 Å². The van der Waals surface area contributed by atoms with Gasteiger partial charge in [0.25, 0.3) is 5.56 Å². The predicted molar refractivity (Wildman–Crippen MR) is 210 cm³/mol. The van der Waals surface area contributed by atoms with Crippen LogP contribution in [0.25, 0.3) is 22.7 Å². The highest BCUT2D eigenvalue weighted by molar-refractivity contribution is 7.07. The SMILES string of the molecule is CCOC(=O)C1=C(c2ccccc2)N=c2s/c(=C\c3c(C)n(Cc4ccccc4C#N)c4ccccc34)c(=O)n2[C@H]1c1cc(C(C)C)c(OC)cc1C. The summed E-state index contributed by atoms with van der Waals surface area (Å²) in [5, 5.41) is 10.8. The van der Waals surface area contributed by atoms with Gasteiger partial charge in [-0.25, -0.2) is 9.79 Å². The zero-order chi connectivity index (χ0) is 37.4. The Morgan fingerprint density at radius 1 is 1.02 bits per heavy atom. The standard InChI is InChI=1S/C44H40N4O4S/c1-7-52-43(50)39-40(29-15-9-8-10-16-29)46-44-48(41(39)34-22-33(26(2)3)37(51-6)21-27(34)4)42(49)38(53-44)23-35-28(5)47(36-20-14-13-19-32(35)36)25-31-18-12-11-17-30(31)24-45/h8-23,26,41H,7,25H2,1-6H3/b38-23-/t41-/m0/s1. The molecular formula is C44H40N4O4S. The molecule has 4 aromatic carbocycles. The van der Waals surface area contributed by atoms with Gasteiger partial charge in [-0.3, -0.25) is 9.36 Å². The largest absolute Gasteiger partial charge is 0.496 e. The molecule has 0 N–H and O–H groups in total. The smallest absolute Gasteiger partial charge is 0.338 e. The number of nitrogens with zero attached hydrogens (tertiary/aromatic N) is 4. The number of para-hydroxylation sites is 1. The van der Waals surface area contributed by atoms with Crippen molar-refractivity contribution in [1.29, 1.82) is 5.26 Å². The maximum Gasteiger partial charge on any atom is 0.338 e. The van der Waals surface area contributed by atoms with Crippen molar-refractivity contribution in [2.75, 3.05) is 13.7 Å². The van der Waals surface area contributed by atoms with E-state index in [1.165, 1.54) is 11.3 Å². The van der Waals surface area contributed by atoms with Gasteiger partial charge in [-0.15, -0.1) is 0 Å². The summed E-state index contributed by atoms with van der Waals surface area (Å²) in [5.41, 5.74) is 8.36. The molecule has 0 unspecified atom stereocenters. The summed E-state index contributed by atoms with van der Waals surface area (Å²) in [6, 6.07) is 30.9. The van der Waals surface area contributed by atoms with Gasteiger partial charge in [-0.05, 0) is 79.3 Å². The monoisotopic (exact) mass is 720 g/mol. The molecular weight excluding hydrogens is 681 g/mol. The van der Waals surface area contributed by atoms with E-state index in [4.69, 9.17) is 14.5 Å². The van der Waals surface area contributed by atoms with E-state index in [1.807, 2.05) is 92.7 Å². The number of nitriles is 1. The first-order valence-electron chi connectivity index (χ1n) is 17.7. The topological polar surface area (TPSA) is 98.6 Å². The highest BCUT2D eigenvalue weighted by Crippen LogP contribution is 2.40. The summed E-state index contributed by atoms with van der Waals surface area (Å²) in [7, 11) is 1.65. The molecule has 0 radical (unpaired) electrons. The van der Waals surface area contributed by atoms with Crippen molar-refractivity contribution in [3.8, 4) is 11.8 Å². The Kier molecular flexibility index (Phi) is 9.74. The molecule has 0 amide bonds. The van der Waals surface area contributed by atoms with Crippen LogP contribution in [0.1, 0.15) is 77.4 Å². The lowest BCUT2D eigenvalue weighted by Crippen LogP contribution is -2.40. The number of carbonyl (C=O) groups excluding carboxylic acids is 1. The van der Waals surface area contributed by atoms with E-state index >= 15 is 0 Å². The number of benzene rings is 4. The Labute approximate surface area is 312 Å². The molecule has 266 valence electrons. The molecule has 2 aromatic heterocycles. The predicted octanol–water partition coefficient (Wildman–Crippen LogP) is 7.56. The van der Waals surface area contributed by atoms with Gasteiger partial charge in [0.2, 0.25) is 0 Å². The molecule has 0 aliphatic carbocycles. The Balaban J connectivity index is 1.52. The normalized spacial score (nSPS) is 14.3. The molecule has 6 aromatic rings. The van der Waals surface area contributed by atoms with Gasteiger partial charge in [0.1, 0.15) is 5.75 Å². The molecule has 0 spiro atoms. The van der Waals surface area contributed by atoms with E-state index < -0.39 is 12.0 Å². The van der Waals surface area contributed by atoms with Crippen molar-refractivity contribution in [2.24, 2.45) is 4.99 Å². The van der Waals surface area contributed by atoms with Crippen molar-refractivity contribution in [3.05, 3.63) is 161 Å². The van der Waals surface area contributed by atoms with Crippen LogP contribution >= 0.6 is 11.3 Å². The second-order valence-electron chi connectivity index (χ2n) is 13.4. The number of ether oxygens (including phenoxy) is 2. The molecule has 0 saturated carbocycles. The van der Waals surface area contributed by atoms with Gasteiger partial charge in [0, 0.05) is 34.3 Å². The lowest BCUT2D eigenvalue weighted by atomic mass is 9.87. The summed E-state index contributed by atoms with van der Waals surface area (Å²) < 4.78 is 15.8. The summed E-state index contributed by atoms with van der Waals surface area (Å²) in [6.07, 6.45) is 1.95. The first kappa shape index (κ1) is 35.4. The summed E-state index contributed by atoms with van der Waals surface area (Å²) in [6.45, 7) is 10.7. The summed E-state index contributed by atoms with van der Waals surface area (Å²) >= 11 is 1.31. The number of hydrogen-bond acceptors (Lipinski definition) is 7. The van der Waals surface area contributed by atoms with E-state index in [0.717, 1.165) is 55.7 Å². The van der Waals surface area contributed by atoms with E-state index in [1.54, 1.807) is 18.6 Å². The number of rotatable bonds is 9. The minimum Gasteiger partial charge on any atom is -0.496 e. The third kappa shape index (κ3) is 6.30. The number of fused-ring (bicyclic) bond motifs is 2. The molecule has 53 heavy (non-hydrogen) atoms. The van der Waals surface area contributed by atoms with Crippen LogP contribution in [0, 0.1) is 25.2 Å². The molecule has 8 nitrogen and oxygen atoms in total. The summed E-state index contributed by atoms with van der Waals surface area (Å²) in [4.78, 5) is 34.6. The fourth-order valence-corrected chi connectivity index (χ4v) is 8.27. The minimum atomic E-state index is -0.809. The fraction of sp³-hybridized carbons (Fsp3) is 0.227. The molecule has 1 atom stereocenters. The van der Waals surface area contributed by atoms with Crippen LogP contribution < -0.4 is 19.6 Å². The highest BCUT2D eigenvalue weighted by Gasteiger charge is 2.36. The van der Waals surface area contributed by atoms with Crippen LogP contribution in [0.5, 0.6) is 5.75 Å². The maximum absolute atomic E-state index is 14.9. The Morgan fingerprint density at radius 3 is 2.45 bits per heavy atom. The zero-order valence-electron chi connectivity index (χ0n) is 30.6. The van der Waals surface area contributed by atoms with Crippen molar-refractivity contribution >= 4 is 40.0 Å². The van der Waals surface area contributed by atoms with Crippen molar-refractivity contribution < 1.29 is 14.3 Å². The molecule has 9 heteroatoms. The van der Waals surface area contributed by atoms with Crippen LogP contribution in [-0.2, 0) is 16.1 Å². The number of hydrogen-bond donors (Lipinski definition) is 0. The average molecular weight is 721 g/mol. The van der Waals surface area contributed by atoms with Gasteiger partial charge in [-0.1, -0.05) is 91.9 Å². The number of carbonyl (C=O) groups is 1. The third-order valence-corrected chi connectivity index (χ3v) is 10.9. The number of methoxy groups -OCH3 is 1. The zero-order valence-corrected chi connectivity index (χ0v) is 31.5. The number of aromatic nitrogens is 2. The van der Waals surface area contributed by atoms with Gasteiger partial charge in [0.05, 0.1) is 47.2 Å². The van der Waals surface area contributed by atoms with Gasteiger partial charge >= 0.3 is 5.97 Å². The van der Waals surface area contributed by atoms with Crippen molar-refractivity contribution in [1.82, 2.24) is 9.13 Å². The van der Waals surface area contributed by atoms with Gasteiger partial charge in [0.15, 0.2) is 4.80 Å². The molecule has 0 saturated heterocycles. The third-order valence-electron chi connectivity index (χ3n) is 9.93. The lowest BCUT2D eigenvalue weighted by molar-refractivity contribution is -0.138. The van der Waals surface area contributed by atoms with Crippen LogP contribution in [-0.4, -0.2) is 28.8 Å². The molecule has 3 heterocycles. The minimum absolute atomic E-state index is 0.115. The van der Waals surface area contributed by atoms with Crippen LogP contribution in [0.2, 0.25) is 0 Å². The first-order chi connectivity index (χ1) is 25.7. The summed E-state index contributed by atoms with van der Waals surface area (Å²) in [5.74, 6) is 0.347. The number of esters is 1. The Morgan fingerprint density at radius 2 is 1.74 bits per heavy atom. The Hall–Kier alpha value is -5.98. The molecule has 7 rings (SSSR count). The lowest BCUT2D eigenvalue weighted by Gasteiger charge is -2.28. The molecule has 1 aliphatic heterocycles. The number of thiazole rings is 1. The van der Waals surface area contributed by atoms with Gasteiger partial charge in [-0.2, -0.15) is 5.26 Å². The van der Waals surface area contributed by atoms with E-state index in [-0.39, 0.29) is 18.1 Å². The maximum atomic E-state index is 14.9. The molecule has 0 bridgehead atoms.